The molecule has 0 aliphatic carbocycles. The summed E-state index contributed by atoms with van der Waals surface area (Å²) in [5.74, 6) is 1.48. The van der Waals surface area contributed by atoms with Crippen LogP contribution in [0.5, 0.6) is 0 Å². The number of nitrogens with zero attached hydrogens (tertiary/aromatic N) is 5. The minimum atomic E-state index is -3.42. The summed E-state index contributed by atoms with van der Waals surface area (Å²) in [4.78, 5) is 4.30. The van der Waals surface area contributed by atoms with Gasteiger partial charge in [0.25, 0.3) is 0 Å². The van der Waals surface area contributed by atoms with Crippen LogP contribution in [0.4, 0.5) is 0 Å². The van der Waals surface area contributed by atoms with Gasteiger partial charge < -0.3 is 9.30 Å². The summed E-state index contributed by atoms with van der Waals surface area (Å²) >= 11 is 0. The van der Waals surface area contributed by atoms with E-state index < -0.39 is 10.0 Å². The molecule has 4 rings (SSSR count). The van der Waals surface area contributed by atoms with Crippen molar-refractivity contribution in [3.8, 4) is 0 Å². The molecular weight excluding hydrogens is 366 g/mol. The van der Waals surface area contributed by atoms with Gasteiger partial charge in [-0.25, -0.2) is 8.42 Å². The number of sulfonamides is 1. The number of ether oxygens (including phenoxy) is 1. The zero-order valence-electron chi connectivity index (χ0n) is 15.1. The highest BCUT2D eigenvalue weighted by molar-refractivity contribution is 7.88. The lowest BCUT2D eigenvalue weighted by atomic mass is 10.1. The van der Waals surface area contributed by atoms with E-state index in [1.807, 2.05) is 34.9 Å². The Morgan fingerprint density at radius 2 is 2.07 bits per heavy atom. The van der Waals surface area contributed by atoms with Crippen molar-refractivity contribution in [1.29, 1.82) is 0 Å². The largest absolute Gasteiger partial charge is 0.379 e. The molecule has 0 amide bonds. The minimum Gasteiger partial charge on any atom is -0.379 e. The first-order chi connectivity index (χ1) is 13.0. The number of hydrogen-bond acceptors (Lipinski definition) is 6. The van der Waals surface area contributed by atoms with Crippen LogP contribution in [0.2, 0.25) is 0 Å². The molecular formula is C18H21N5O3S. The molecule has 2 aromatic heterocycles. The molecule has 1 aromatic carbocycles. The van der Waals surface area contributed by atoms with E-state index in [1.54, 1.807) is 6.20 Å². The molecule has 3 heterocycles. The fraction of sp³-hybridized carbons (Fsp3) is 0.389. The van der Waals surface area contributed by atoms with Gasteiger partial charge in [0.1, 0.15) is 11.6 Å². The second-order valence-electron chi connectivity index (χ2n) is 6.61. The maximum absolute atomic E-state index is 12.4. The van der Waals surface area contributed by atoms with Crippen LogP contribution >= 0.6 is 0 Å². The molecule has 27 heavy (non-hydrogen) atoms. The standard InChI is InChI=1S/C18H21N5O3S/c1-27(24,25)22(12-14-4-5-16-15(11-14)3-2-7-19-16)13-18-21-20-17-6-9-26-10-8-23(17)18/h2-5,7,11H,6,8-10,12-13H2,1H3. The van der Waals surface area contributed by atoms with Gasteiger partial charge in [-0.3, -0.25) is 4.98 Å². The van der Waals surface area contributed by atoms with Crippen molar-refractivity contribution in [2.24, 2.45) is 0 Å². The molecule has 0 fully saturated rings. The second kappa shape index (κ2) is 7.34. The molecule has 0 atom stereocenters. The van der Waals surface area contributed by atoms with Crippen molar-refractivity contribution in [3.05, 3.63) is 53.7 Å². The topological polar surface area (TPSA) is 90.2 Å². The van der Waals surface area contributed by atoms with Crippen LogP contribution in [0.1, 0.15) is 17.2 Å². The van der Waals surface area contributed by atoms with Gasteiger partial charge in [-0.05, 0) is 23.8 Å². The van der Waals surface area contributed by atoms with E-state index in [0.29, 0.717) is 32.0 Å². The molecule has 9 heteroatoms. The third-order valence-electron chi connectivity index (χ3n) is 4.65. The lowest BCUT2D eigenvalue weighted by molar-refractivity contribution is 0.139. The summed E-state index contributed by atoms with van der Waals surface area (Å²) in [7, 11) is -3.42. The van der Waals surface area contributed by atoms with E-state index in [1.165, 1.54) is 10.6 Å². The highest BCUT2D eigenvalue weighted by atomic mass is 32.2. The summed E-state index contributed by atoms with van der Waals surface area (Å²) < 4.78 is 33.7. The first kappa shape index (κ1) is 18.0. The minimum absolute atomic E-state index is 0.177. The van der Waals surface area contributed by atoms with E-state index >= 15 is 0 Å². The summed E-state index contributed by atoms with van der Waals surface area (Å²) in [6.07, 6.45) is 3.65. The second-order valence-corrected chi connectivity index (χ2v) is 8.59. The fourth-order valence-electron chi connectivity index (χ4n) is 3.23. The molecule has 142 valence electrons. The van der Waals surface area contributed by atoms with Crippen molar-refractivity contribution < 1.29 is 13.2 Å². The van der Waals surface area contributed by atoms with Crippen LogP contribution in [0, 0.1) is 0 Å². The Morgan fingerprint density at radius 3 is 2.93 bits per heavy atom. The Hall–Kier alpha value is -2.36. The highest BCUT2D eigenvalue weighted by Crippen LogP contribution is 2.18. The summed E-state index contributed by atoms with van der Waals surface area (Å²) in [5, 5.41) is 9.41. The van der Waals surface area contributed by atoms with Gasteiger partial charge in [0.15, 0.2) is 0 Å². The third kappa shape index (κ3) is 4.00. The van der Waals surface area contributed by atoms with Gasteiger partial charge in [0.05, 0.1) is 31.5 Å². The summed E-state index contributed by atoms with van der Waals surface area (Å²) in [5.41, 5.74) is 1.79. The zero-order valence-corrected chi connectivity index (χ0v) is 15.9. The monoisotopic (exact) mass is 387 g/mol. The first-order valence-corrected chi connectivity index (χ1v) is 10.6. The quantitative estimate of drug-likeness (QED) is 0.657. The third-order valence-corrected chi connectivity index (χ3v) is 5.84. The maximum Gasteiger partial charge on any atom is 0.211 e. The molecule has 1 aliphatic heterocycles. The first-order valence-electron chi connectivity index (χ1n) is 8.78. The number of rotatable bonds is 5. The molecule has 0 saturated heterocycles. The SMILES string of the molecule is CS(=O)(=O)N(Cc1ccc2ncccc2c1)Cc1nnc2n1CCOCC2. The van der Waals surface area contributed by atoms with Gasteiger partial charge in [-0.1, -0.05) is 12.1 Å². The lowest BCUT2D eigenvalue weighted by Crippen LogP contribution is -2.30. The Bertz CT molecular complexity index is 1060. The molecule has 0 bridgehead atoms. The molecule has 0 unspecified atom stereocenters. The smallest absolute Gasteiger partial charge is 0.211 e. The molecule has 1 aliphatic rings. The van der Waals surface area contributed by atoms with Crippen molar-refractivity contribution in [3.63, 3.8) is 0 Å². The Kier molecular flexibility index (Phi) is 4.90. The van der Waals surface area contributed by atoms with Crippen LogP contribution in [0.3, 0.4) is 0 Å². The molecule has 0 spiro atoms. The average Bonchev–Trinajstić information content (AvgIpc) is 2.87. The number of hydrogen-bond donors (Lipinski definition) is 0. The van der Waals surface area contributed by atoms with Crippen molar-refractivity contribution >= 4 is 20.9 Å². The van der Waals surface area contributed by atoms with Crippen LogP contribution in [-0.2, 0) is 40.8 Å². The Balaban J connectivity index is 1.61. The summed E-state index contributed by atoms with van der Waals surface area (Å²) in [6, 6.07) is 9.62. The van der Waals surface area contributed by atoms with Crippen LogP contribution < -0.4 is 0 Å². The van der Waals surface area contributed by atoms with E-state index in [9.17, 15) is 8.42 Å². The molecule has 8 nitrogen and oxygen atoms in total. The van der Waals surface area contributed by atoms with E-state index in [-0.39, 0.29) is 13.1 Å². The number of benzene rings is 1. The maximum atomic E-state index is 12.4. The molecule has 0 N–H and O–H groups in total. The molecule has 3 aromatic rings. The molecule has 0 saturated carbocycles. The van der Waals surface area contributed by atoms with Gasteiger partial charge in [-0.15, -0.1) is 10.2 Å². The van der Waals surface area contributed by atoms with Gasteiger partial charge in [-0.2, -0.15) is 4.31 Å². The fourth-order valence-corrected chi connectivity index (χ4v) is 3.96. The van der Waals surface area contributed by atoms with Crippen LogP contribution in [0.15, 0.2) is 36.5 Å². The Labute approximate surface area is 157 Å². The van der Waals surface area contributed by atoms with E-state index in [2.05, 4.69) is 15.2 Å². The number of aromatic nitrogens is 4. The average molecular weight is 387 g/mol. The van der Waals surface area contributed by atoms with E-state index in [4.69, 9.17) is 4.74 Å². The predicted molar refractivity (Wildman–Crippen MR) is 100 cm³/mol. The Morgan fingerprint density at radius 1 is 1.19 bits per heavy atom. The van der Waals surface area contributed by atoms with Crippen LogP contribution in [0.25, 0.3) is 10.9 Å². The van der Waals surface area contributed by atoms with Gasteiger partial charge >= 0.3 is 0 Å². The van der Waals surface area contributed by atoms with Crippen molar-refractivity contribution in [2.75, 3.05) is 19.5 Å². The normalized spacial score (nSPS) is 15.0. The molecule has 0 radical (unpaired) electrons. The summed E-state index contributed by atoms with van der Waals surface area (Å²) in [6.45, 7) is 2.27. The van der Waals surface area contributed by atoms with Gasteiger partial charge in [0, 0.05) is 31.1 Å². The predicted octanol–water partition coefficient (Wildman–Crippen LogP) is 1.36. The van der Waals surface area contributed by atoms with E-state index in [0.717, 1.165) is 22.3 Å². The zero-order chi connectivity index (χ0) is 18.9. The van der Waals surface area contributed by atoms with Crippen molar-refractivity contribution in [2.45, 2.75) is 26.1 Å². The highest BCUT2D eigenvalue weighted by Gasteiger charge is 2.23. The lowest BCUT2D eigenvalue weighted by Gasteiger charge is -2.20. The van der Waals surface area contributed by atoms with Crippen LogP contribution in [-0.4, -0.2) is 51.9 Å². The van der Waals surface area contributed by atoms with Crippen molar-refractivity contribution in [1.82, 2.24) is 24.1 Å². The van der Waals surface area contributed by atoms with Gasteiger partial charge in [0.2, 0.25) is 10.0 Å². The number of fused-ring (bicyclic) bond motifs is 2. The number of pyridine rings is 1.